The second-order valence-corrected chi connectivity index (χ2v) is 8.84. The summed E-state index contributed by atoms with van der Waals surface area (Å²) in [4.78, 5) is 13.6. The molecule has 3 unspecified atom stereocenters. The highest BCUT2D eigenvalue weighted by atomic mass is 35.5. The lowest BCUT2D eigenvalue weighted by Crippen LogP contribution is -2.29. The number of nitrogen functional groups attached to an aromatic ring is 2. The van der Waals surface area contributed by atoms with Crippen LogP contribution in [0, 0.1) is 0 Å². The first-order valence-corrected chi connectivity index (χ1v) is 10.9. The van der Waals surface area contributed by atoms with Crippen molar-refractivity contribution in [3.8, 4) is 0 Å². The Balaban J connectivity index is 1.39. The van der Waals surface area contributed by atoms with Crippen LogP contribution in [0.25, 0.3) is 21.9 Å². The predicted octanol–water partition coefficient (Wildman–Crippen LogP) is 2.79. The number of aliphatic hydroxyl groups excluding tert-OH is 2. The van der Waals surface area contributed by atoms with Crippen molar-refractivity contribution < 1.29 is 10.2 Å². The quantitative estimate of drug-likeness (QED) is 0.273. The third kappa shape index (κ3) is 3.49. The number of pyridine rings is 1. The maximum absolute atomic E-state index is 10.7. The Bertz CT molecular complexity index is 1340. The number of hydrogen-bond donors (Lipinski definition) is 4. The zero-order valence-electron chi connectivity index (χ0n) is 16.2. The van der Waals surface area contributed by atoms with E-state index >= 15 is 0 Å². The van der Waals surface area contributed by atoms with E-state index in [1.165, 1.54) is 6.33 Å². The van der Waals surface area contributed by atoms with Crippen molar-refractivity contribution in [1.29, 1.82) is 0 Å². The van der Waals surface area contributed by atoms with Crippen molar-refractivity contribution in [2.24, 2.45) is 0 Å². The first kappa shape index (κ1) is 20.1. The maximum atomic E-state index is 10.7. The highest BCUT2D eigenvalue weighted by molar-refractivity contribution is 7.99. The minimum atomic E-state index is -0.984. The molecule has 0 aliphatic heterocycles. The average Bonchev–Trinajstić information content (AvgIpc) is 3.30. The van der Waals surface area contributed by atoms with E-state index in [1.807, 2.05) is 34.9 Å². The Morgan fingerprint density at radius 3 is 2.77 bits per heavy atom. The van der Waals surface area contributed by atoms with Gasteiger partial charge in [-0.1, -0.05) is 23.7 Å². The zero-order chi connectivity index (χ0) is 21.7. The summed E-state index contributed by atoms with van der Waals surface area (Å²) in [5.41, 5.74) is 13.8. The van der Waals surface area contributed by atoms with Crippen molar-refractivity contribution in [1.82, 2.24) is 19.5 Å². The molecule has 1 aromatic carbocycles. The van der Waals surface area contributed by atoms with Crippen LogP contribution < -0.4 is 11.5 Å². The molecule has 0 saturated carbocycles. The summed E-state index contributed by atoms with van der Waals surface area (Å²) in [6.07, 6.45) is 3.12. The second-order valence-electron chi connectivity index (χ2n) is 7.39. The van der Waals surface area contributed by atoms with E-state index in [4.69, 9.17) is 23.1 Å². The summed E-state index contributed by atoms with van der Waals surface area (Å²) < 4.78 is 1.81. The van der Waals surface area contributed by atoms with Crippen LogP contribution in [0.1, 0.15) is 6.04 Å². The third-order valence-electron chi connectivity index (χ3n) is 5.47. The van der Waals surface area contributed by atoms with Gasteiger partial charge in [-0.3, -0.25) is 0 Å². The maximum Gasteiger partial charge on any atom is 0.146 e. The highest BCUT2D eigenvalue weighted by Gasteiger charge is 2.36. The van der Waals surface area contributed by atoms with Crippen molar-refractivity contribution >= 4 is 56.9 Å². The molecule has 1 aliphatic rings. The largest absolute Gasteiger partial charge is 0.388 e. The number of aromatic nitrogens is 4. The highest BCUT2D eigenvalue weighted by Crippen LogP contribution is 2.36. The molecule has 3 atom stereocenters. The van der Waals surface area contributed by atoms with Gasteiger partial charge >= 0.3 is 0 Å². The predicted molar refractivity (Wildman–Crippen MR) is 123 cm³/mol. The van der Waals surface area contributed by atoms with Gasteiger partial charge in [0, 0.05) is 22.2 Å². The number of hydrogen-bond acceptors (Lipinski definition) is 8. The molecule has 31 heavy (non-hydrogen) atoms. The monoisotopic (exact) mass is 454 g/mol. The lowest BCUT2D eigenvalue weighted by atomic mass is 10.1. The van der Waals surface area contributed by atoms with Crippen LogP contribution in [0.2, 0.25) is 5.02 Å². The molecule has 3 aromatic heterocycles. The number of aliphatic hydroxyl groups is 2. The van der Waals surface area contributed by atoms with Crippen LogP contribution in [0.4, 0.5) is 11.6 Å². The van der Waals surface area contributed by atoms with Crippen molar-refractivity contribution in [2.45, 2.75) is 23.1 Å². The number of fused-ring (bicyclic) bond motifs is 2. The fraction of sp³-hybridized carbons (Fsp3) is 0.190. The van der Waals surface area contributed by atoms with Gasteiger partial charge in [0.15, 0.2) is 0 Å². The summed E-state index contributed by atoms with van der Waals surface area (Å²) in [5, 5.41) is 23.3. The normalized spacial score (nSPS) is 21.1. The summed E-state index contributed by atoms with van der Waals surface area (Å²) >= 11 is 7.58. The molecule has 0 amide bonds. The van der Waals surface area contributed by atoms with E-state index in [2.05, 4.69) is 15.0 Å². The van der Waals surface area contributed by atoms with Gasteiger partial charge in [0.25, 0.3) is 0 Å². The molecule has 158 valence electrons. The molecular formula is C21H19ClN6O2S. The number of nitrogens with two attached hydrogens (primary N) is 2. The third-order valence-corrected chi connectivity index (χ3v) is 6.84. The molecule has 1 aliphatic carbocycles. The van der Waals surface area contributed by atoms with E-state index < -0.39 is 18.2 Å². The number of benzene rings is 1. The van der Waals surface area contributed by atoms with Crippen LogP contribution in [0.5, 0.6) is 0 Å². The first-order valence-electron chi connectivity index (χ1n) is 9.54. The lowest BCUT2D eigenvalue weighted by molar-refractivity contribution is 0.0332. The Kier molecular flexibility index (Phi) is 4.98. The number of halogens is 1. The van der Waals surface area contributed by atoms with Gasteiger partial charge in [-0.05, 0) is 29.8 Å². The molecule has 0 bridgehead atoms. The molecule has 10 heteroatoms. The minimum Gasteiger partial charge on any atom is -0.388 e. The number of anilines is 2. The zero-order valence-corrected chi connectivity index (χ0v) is 17.8. The molecule has 3 heterocycles. The van der Waals surface area contributed by atoms with Crippen molar-refractivity contribution in [3.05, 3.63) is 59.5 Å². The van der Waals surface area contributed by atoms with Gasteiger partial charge in [-0.2, -0.15) is 0 Å². The second kappa shape index (κ2) is 7.69. The van der Waals surface area contributed by atoms with Crippen molar-refractivity contribution in [3.63, 3.8) is 0 Å². The topological polar surface area (TPSA) is 136 Å². The van der Waals surface area contributed by atoms with Crippen molar-refractivity contribution in [2.75, 3.05) is 17.2 Å². The van der Waals surface area contributed by atoms with Gasteiger partial charge in [0.2, 0.25) is 0 Å². The summed E-state index contributed by atoms with van der Waals surface area (Å²) in [7, 11) is 0. The molecule has 0 spiro atoms. The Labute approximate surface area is 186 Å². The fourth-order valence-electron chi connectivity index (χ4n) is 3.82. The minimum absolute atomic E-state index is 0.291. The Morgan fingerprint density at radius 1 is 1.10 bits per heavy atom. The molecule has 4 aromatic rings. The van der Waals surface area contributed by atoms with Gasteiger partial charge in [0.05, 0.1) is 22.0 Å². The summed E-state index contributed by atoms with van der Waals surface area (Å²) in [5.74, 6) is 1.18. The molecule has 0 radical (unpaired) electrons. The lowest BCUT2D eigenvalue weighted by Gasteiger charge is -2.19. The molecule has 6 N–H and O–H groups in total. The van der Waals surface area contributed by atoms with Crippen LogP contribution in [-0.2, 0) is 0 Å². The van der Waals surface area contributed by atoms with E-state index in [9.17, 15) is 10.2 Å². The standard InChI is InChI=1S/C21H19ClN6O2S/c22-14-5-10-1-2-12(7-15(10)27-20(14)24)31-8-11-6-16(18(30)17(11)29)28-4-3-13-19(23)25-9-26-21(13)28/h1-7,9,16-18,29-30H,8H2,(H2,24,27)(H2,23,25,26). The average molecular weight is 455 g/mol. The number of nitrogens with zero attached hydrogens (tertiary/aromatic N) is 4. The Morgan fingerprint density at radius 2 is 1.94 bits per heavy atom. The van der Waals surface area contributed by atoms with Crippen LogP contribution in [0.3, 0.4) is 0 Å². The van der Waals surface area contributed by atoms with Gasteiger partial charge in [-0.15, -0.1) is 11.8 Å². The Hall–Kier alpha value is -2.85. The van der Waals surface area contributed by atoms with Gasteiger partial charge < -0.3 is 26.2 Å². The molecule has 8 nitrogen and oxygen atoms in total. The summed E-state index contributed by atoms with van der Waals surface area (Å²) in [6.45, 7) is 0. The number of thioether (sulfide) groups is 1. The molecule has 0 fully saturated rings. The van der Waals surface area contributed by atoms with Crippen LogP contribution in [0.15, 0.2) is 59.4 Å². The first-order chi connectivity index (χ1) is 14.9. The van der Waals surface area contributed by atoms with Crippen LogP contribution >= 0.6 is 23.4 Å². The smallest absolute Gasteiger partial charge is 0.146 e. The number of rotatable bonds is 4. The van der Waals surface area contributed by atoms with Crippen LogP contribution in [-0.4, -0.2) is 47.7 Å². The van der Waals surface area contributed by atoms with Gasteiger partial charge in [-0.25, -0.2) is 15.0 Å². The fourth-order valence-corrected chi connectivity index (χ4v) is 4.94. The van der Waals surface area contributed by atoms with E-state index in [-0.39, 0.29) is 0 Å². The molecular weight excluding hydrogens is 436 g/mol. The van der Waals surface area contributed by atoms with Gasteiger partial charge in [0.1, 0.15) is 35.8 Å². The van der Waals surface area contributed by atoms with E-state index in [1.54, 1.807) is 24.0 Å². The molecule has 5 rings (SSSR count). The van der Waals surface area contributed by atoms with E-state index in [0.29, 0.717) is 33.4 Å². The van der Waals surface area contributed by atoms with E-state index in [0.717, 1.165) is 21.4 Å². The SMILES string of the molecule is Nc1nc2cc(SCC3=CC(n4ccc5c(N)ncnc54)C(O)C3O)ccc2cc1Cl. The molecule has 0 saturated heterocycles. The summed E-state index contributed by atoms with van der Waals surface area (Å²) in [6, 6.07) is 8.98.